The zero-order valence-electron chi connectivity index (χ0n) is 17.4. The lowest BCUT2D eigenvalue weighted by molar-refractivity contribution is -0.121. The van der Waals surface area contributed by atoms with E-state index in [1.165, 1.54) is 12.1 Å². The largest absolute Gasteiger partial charge is 0.326 e. The fourth-order valence-corrected chi connectivity index (χ4v) is 4.35. The molecule has 2 N–H and O–H groups in total. The standard InChI is InChI=1S/C22H27N3O4S/c1-4-21(26)24-18-6-8-19(9-7-18)30(28,29)23-14-16-5-10-20-17(13-16)11-12-25(20)22(27)15(2)3/h5-10,13,15,23H,4,11-12,14H2,1-3H3,(H,24,26). The molecule has 1 aliphatic heterocycles. The summed E-state index contributed by atoms with van der Waals surface area (Å²) >= 11 is 0. The topological polar surface area (TPSA) is 95.6 Å². The van der Waals surface area contributed by atoms with Gasteiger partial charge in [0.2, 0.25) is 21.8 Å². The van der Waals surface area contributed by atoms with Gasteiger partial charge in [0, 0.05) is 36.8 Å². The molecule has 0 aromatic heterocycles. The van der Waals surface area contributed by atoms with Crippen LogP contribution in [0.2, 0.25) is 0 Å². The van der Waals surface area contributed by atoms with E-state index in [9.17, 15) is 18.0 Å². The van der Waals surface area contributed by atoms with Crippen LogP contribution in [0.15, 0.2) is 47.4 Å². The lowest BCUT2D eigenvalue weighted by Gasteiger charge is -2.19. The van der Waals surface area contributed by atoms with E-state index in [-0.39, 0.29) is 29.2 Å². The Labute approximate surface area is 177 Å². The molecule has 0 atom stereocenters. The number of fused-ring (bicyclic) bond motifs is 1. The van der Waals surface area contributed by atoms with Crippen LogP contribution in [-0.4, -0.2) is 26.8 Å². The third-order valence-electron chi connectivity index (χ3n) is 5.04. The molecule has 30 heavy (non-hydrogen) atoms. The zero-order chi connectivity index (χ0) is 21.9. The minimum atomic E-state index is -3.69. The Hall–Kier alpha value is -2.71. The van der Waals surface area contributed by atoms with Gasteiger partial charge in [-0.05, 0) is 47.9 Å². The van der Waals surface area contributed by atoms with Crippen molar-refractivity contribution in [1.82, 2.24) is 4.72 Å². The first kappa shape index (κ1) is 22.0. The highest BCUT2D eigenvalue weighted by Gasteiger charge is 2.26. The van der Waals surface area contributed by atoms with E-state index in [2.05, 4.69) is 10.0 Å². The Morgan fingerprint density at radius 1 is 1.10 bits per heavy atom. The number of sulfonamides is 1. The van der Waals surface area contributed by atoms with E-state index in [0.29, 0.717) is 18.7 Å². The van der Waals surface area contributed by atoms with Gasteiger partial charge < -0.3 is 10.2 Å². The molecule has 0 unspecified atom stereocenters. The molecule has 1 heterocycles. The molecule has 0 saturated heterocycles. The lowest BCUT2D eigenvalue weighted by Crippen LogP contribution is -2.32. The van der Waals surface area contributed by atoms with Gasteiger partial charge >= 0.3 is 0 Å². The third-order valence-corrected chi connectivity index (χ3v) is 6.45. The summed E-state index contributed by atoms with van der Waals surface area (Å²) in [6, 6.07) is 11.7. The summed E-state index contributed by atoms with van der Waals surface area (Å²) in [4.78, 5) is 25.7. The highest BCUT2D eigenvalue weighted by molar-refractivity contribution is 7.89. The molecule has 0 aliphatic carbocycles. The van der Waals surface area contributed by atoms with E-state index < -0.39 is 10.0 Å². The van der Waals surface area contributed by atoms with E-state index in [1.54, 1.807) is 24.0 Å². The average Bonchev–Trinajstić information content (AvgIpc) is 3.15. The second-order valence-electron chi connectivity index (χ2n) is 7.61. The number of anilines is 2. The zero-order valence-corrected chi connectivity index (χ0v) is 18.3. The molecule has 0 bridgehead atoms. The Balaban J connectivity index is 1.67. The summed E-state index contributed by atoms with van der Waals surface area (Å²) in [6.07, 6.45) is 1.12. The average molecular weight is 430 g/mol. The first-order chi connectivity index (χ1) is 14.2. The molecular weight excluding hydrogens is 402 g/mol. The molecule has 0 spiro atoms. The molecule has 2 aromatic carbocycles. The first-order valence-electron chi connectivity index (χ1n) is 10.0. The molecular formula is C22H27N3O4S. The molecule has 0 fully saturated rings. The minimum absolute atomic E-state index is 0.0656. The summed E-state index contributed by atoms with van der Waals surface area (Å²) in [5.74, 6) is -0.0982. The van der Waals surface area contributed by atoms with Crippen molar-refractivity contribution in [3.8, 4) is 0 Å². The Kier molecular flexibility index (Phi) is 6.58. The number of amides is 2. The summed E-state index contributed by atoms with van der Waals surface area (Å²) in [5, 5.41) is 2.69. The van der Waals surface area contributed by atoms with Crippen molar-refractivity contribution in [3.63, 3.8) is 0 Å². The van der Waals surface area contributed by atoms with Crippen molar-refractivity contribution in [1.29, 1.82) is 0 Å². The second-order valence-corrected chi connectivity index (χ2v) is 9.38. The van der Waals surface area contributed by atoms with Crippen molar-refractivity contribution in [2.75, 3.05) is 16.8 Å². The predicted octanol–water partition coefficient (Wildman–Crippen LogP) is 3.06. The number of nitrogens with zero attached hydrogens (tertiary/aromatic N) is 1. The van der Waals surface area contributed by atoms with Crippen LogP contribution in [0, 0.1) is 5.92 Å². The Morgan fingerprint density at radius 3 is 2.43 bits per heavy atom. The van der Waals surface area contributed by atoms with Crippen molar-refractivity contribution in [2.45, 2.75) is 45.1 Å². The molecule has 0 saturated carbocycles. The molecule has 7 nitrogen and oxygen atoms in total. The van der Waals surface area contributed by atoms with E-state index in [4.69, 9.17) is 0 Å². The van der Waals surface area contributed by atoms with Crippen LogP contribution >= 0.6 is 0 Å². The Bertz CT molecular complexity index is 1050. The molecule has 0 radical (unpaired) electrons. The quantitative estimate of drug-likeness (QED) is 0.707. The summed E-state index contributed by atoms with van der Waals surface area (Å²) in [7, 11) is -3.69. The molecule has 2 aromatic rings. The summed E-state index contributed by atoms with van der Waals surface area (Å²) in [6.45, 7) is 6.32. The van der Waals surface area contributed by atoms with E-state index in [1.807, 2.05) is 32.0 Å². The van der Waals surface area contributed by atoms with Crippen molar-refractivity contribution >= 4 is 33.2 Å². The number of hydrogen-bond acceptors (Lipinski definition) is 4. The number of nitrogens with one attached hydrogen (secondary N) is 2. The van der Waals surface area contributed by atoms with Crippen LogP contribution in [-0.2, 0) is 32.6 Å². The van der Waals surface area contributed by atoms with Crippen LogP contribution in [0.4, 0.5) is 11.4 Å². The smallest absolute Gasteiger partial charge is 0.240 e. The first-order valence-corrected chi connectivity index (χ1v) is 11.5. The third kappa shape index (κ3) is 4.88. The van der Waals surface area contributed by atoms with Crippen LogP contribution in [0.3, 0.4) is 0 Å². The predicted molar refractivity (Wildman–Crippen MR) is 117 cm³/mol. The maximum atomic E-state index is 12.6. The molecule has 1 aliphatic rings. The van der Waals surface area contributed by atoms with E-state index in [0.717, 1.165) is 23.2 Å². The second kappa shape index (κ2) is 8.97. The van der Waals surface area contributed by atoms with Gasteiger partial charge in [-0.15, -0.1) is 0 Å². The fraction of sp³-hybridized carbons (Fsp3) is 0.364. The van der Waals surface area contributed by atoms with E-state index >= 15 is 0 Å². The summed E-state index contributed by atoms with van der Waals surface area (Å²) < 4.78 is 27.8. The van der Waals surface area contributed by atoms with Gasteiger partial charge in [-0.2, -0.15) is 0 Å². The molecule has 2 amide bonds. The number of carbonyl (C=O) groups is 2. The molecule has 8 heteroatoms. The van der Waals surface area contributed by atoms with Gasteiger partial charge in [0.05, 0.1) is 4.90 Å². The lowest BCUT2D eigenvalue weighted by atomic mass is 10.1. The van der Waals surface area contributed by atoms with Gasteiger partial charge in [0.1, 0.15) is 0 Å². The number of carbonyl (C=O) groups excluding carboxylic acids is 2. The Morgan fingerprint density at radius 2 is 1.80 bits per heavy atom. The summed E-state index contributed by atoms with van der Waals surface area (Å²) in [5.41, 5.74) is 3.35. The number of hydrogen-bond donors (Lipinski definition) is 2. The van der Waals surface area contributed by atoms with Crippen molar-refractivity contribution in [3.05, 3.63) is 53.6 Å². The maximum Gasteiger partial charge on any atom is 0.240 e. The van der Waals surface area contributed by atoms with Crippen LogP contribution in [0.5, 0.6) is 0 Å². The van der Waals surface area contributed by atoms with Crippen LogP contribution in [0.1, 0.15) is 38.3 Å². The minimum Gasteiger partial charge on any atom is -0.326 e. The number of benzene rings is 2. The van der Waals surface area contributed by atoms with Gasteiger partial charge in [-0.1, -0.05) is 32.9 Å². The normalized spacial score (nSPS) is 13.4. The number of rotatable bonds is 7. The molecule has 160 valence electrons. The van der Waals surface area contributed by atoms with Gasteiger partial charge in [0.15, 0.2) is 0 Å². The van der Waals surface area contributed by atoms with Crippen LogP contribution in [0.25, 0.3) is 0 Å². The van der Waals surface area contributed by atoms with Gasteiger partial charge in [-0.25, -0.2) is 13.1 Å². The van der Waals surface area contributed by atoms with Crippen molar-refractivity contribution in [2.24, 2.45) is 5.92 Å². The van der Waals surface area contributed by atoms with Crippen molar-refractivity contribution < 1.29 is 18.0 Å². The highest BCUT2D eigenvalue weighted by atomic mass is 32.2. The molecule has 3 rings (SSSR count). The SMILES string of the molecule is CCC(=O)Nc1ccc(S(=O)(=O)NCc2ccc3c(c2)CCN3C(=O)C(C)C)cc1. The van der Waals surface area contributed by atoms with Gasteiger partial charge in [-0.3, -0.25) is 9.59 Å². The monoisotopic (exact) mass is 429 g/mol. The van der Waals surface area contributed by atoms with Gasteiger partial charge in [0.25, 0.3) is 0 Å². The maximum absolute atomic E-state index is 12.6. The fourth-order valence-electron chi connectivity index (χ4n) is 3.33. The highest BCUT2D eigenvalue weighted by Crippen LogP contribution is 2.30. The van der Waals surface area contributed by atoms with Crippen LogP contribution < -0.4 is 14.9 Å².